The fraction of sp³-hybridized carbons (Fsp3) is 0.538. The number of hydrogen-bond donors (Lipinski definition) is 2. The van der Waals surface area contributed by atoms with Gasteiger partial charge in [0, 0.05) is 16.6 Å². The van der Waals surface area contributed by atoms with Crippen LogP contribution in [0.3, 0.4) is 0 Å². The highest BCUT2D eigenvalue weighted by atomic mass is 79.9. The molecule has 2 N–H and O–H groups in total. The lowest BCUT2D eigenvalue weighted by Gasteiger charge is -2.23. The maximum absolute atomic E-state index is 9.88. The average molecular weight is 460 g/mol. The molecule has 0 heterocycles. The first-order valence-corrected chi connectivity index (χ1v) is 8.27. The molecule has 0 spiro atoms. The molecule has 0 amide bonds. The molecule has 1 unspecified atom stereocenters. The maximum atomic E-state index is 9.88. The van der Waals surface area contributed by atoms with Gasteiger partial charge in [0.25, 0.3) is 0 Å². The Morgan fingerprint density at radius 3 is 2.21 bits per heavy atom. The van der Waals surface area contributed by atoms with E-state index in [2.05, 4.69) is 73.9 Å². The van der Waals surface area contributed by atoms with Crippen molar-refractivity contribution in [1.82, 2.24) is 5.32 Å². The Morgan fingerprint density at radius 1 is 1.21 bits per heavy atom. The first-order valence-electron chi connectivity index (χ1n) is 5.89. The van der Waals surface area contributed by atoms with Gasteiger partial charge < -0.3 is 15.2 Å². The van der Waals surface area contributed by atoms with Crippen LogP contribution in [-0.2, 0) is 0 Å². The summed E-state index contributed by atoms with van der Waals surface area (Å²) >= 11 is 10.3. The molecule has 0 aliphatic heterocycles. The molecule has 1 aromatic carbocycles. The number of hydrogen-bond acceptors (Lipinski definition) is 3. The van der Waals surface area contributed by atoms with E-state index in [0.717, 1.165) is 13.4 Å². The number of rotatable bonds is 5. The molecule has 0 radical (unpaired) electrons. The van der Waals surface area contributed by atoms with E-state index in [1.165, 1.54) is 0 Å². The standard InChI is InChI=1S/C13H18Br3NO2/c1-13(2,3)17-6-9(18)7-19-12-10(15)4-8(14)5-11(12)16/h4-5,9,17-18H,6-7H2,1-3H3. The second kappa shape index (κ2) is 7.41. The fourth-order valence-corrected chi connectivity index (χ4v) is 3.82. The van der Waals surface area contributed by atoms with Crippen molar-refractivity contribution in [2.45, 2.75) is 32.4 Å². The summed E-state index contributed by atoms with van der Waals surface area (Å²) < 4.78 is 8.27. The average Bonchev–Trinajstić information content (AvgIpc) is 2.23. The summed E-state index contributed by atoms with van der Waals surface area (Å²) in [5.41, 5.74) is -0.0141. The number of ether oxygens (including phenoxy) is 1. The minimum atomic E-state index is -0.554. The van der Waals surface area contributed by atoms with Gasteiger partial charge in [0.15, 0.2) is 0 Å². The Hall–Kier alpha value is 0.380. The number of aliphatic hydroxyl groups is 1. The zero-order valence-corrected chi connectivity index (χ0v) is 15.9. The molecule has 0 aromatic heterocycles. The number of nitrogens with one attached hydrogen (secondary N) is 1. The van der Waals surface area contributed by atoms with Crippen molar-refractivity contribution in [2.24, 2.45) is 0 Å². The van der Waals surface area contributed by atoms with Crippen molar-refractivity contribution in [3.05, 3.63) is 25.6 Å². The number of benzene rings is 1. The van der Waals surface area contributed by atoms with Crippen molar-refractivity contribution < 1.29 is 9.84 Å². The van der Waals surface area contributed by atoms with Gasteiger partial charge in [-0.2, -0.15) is 0 Å². The van der Waals surface area contributed by atoms with E-state index in [9.17, 15) is 5.11 Å². The second-order valence-electron chi connectivity index (χ2n) is 5.29. The Labute approximate surface area is 139 Å². The molecular weight excluding hydrogens is 442 g/mol. The first kappa shape index (κ1) is 17.4. The molecule has 1 aromatic rings. The zero-order valence-electron chi connectivity index (χ0n) is 11.1. The molecule has 0 aliphatic carbocycles. The molecule has 0 fully saturated rings. The van der Waals surface area contributed by atoms with Crippen LogP contribution >= 0.6 is 47.8 Å². The molecule has 0 bridgehead atoms. The molecule has 1 atom stereocenters. The van der Waals surface area contributed by atoms with Crippen LogP contribution in [0, 0.1) is 0 Å². The minimum Gasteiger partial charge on any atom is -0.488 e. The lowest BCUT2D eigenvalue weighted by atomic mass is 10.1. The van der Waals surface area contributed by atoms with Gasteiger partial charge in [-0.15, -0.1) is 0 Å². The van der Waals surface area contributed by atoms with E-state index in [1.807, 2.05) is 12.1 Å². The molecule has 1 rings (SSSR count). The number of β-amino-alcohol motifs (C(OH)–C–C–N with tert-alkyl or cyclic N) is 1. The molecule has 19 heavy (non-hydrogen) atoms. The normalized spacial score (nSPS) is 13.4. The molecule has 0 saturated carbocycles. The largest absolute Gasteiger partial charge is 0.488 e. The summed E-state index contributed by atoms with van der Waals surface area (Å²) in [6.07, 6.45) is -0.554. The van der Waals surface area contributed by atoms with E-state index < -0.39 is 6.10 Å². The van der Waals surface area contributed by atoms with Gasteiger partial charge in [-0.25, -0.2) is 0 Å². The van der Waals surface area contributed by atoms with Gasteiger partial charge >= 0.3 is 0 Å². The van der Waals surface area contributed by atoms with Crippen LogP contribution in [-0.4, -0.2) is 29.9 Å². The summed E-state index contributed by atoms with van der Waals surface area (Å²) in [5.74, 6) is 0.693. The SMILES string of the molecule is CC(C)(C)NCC(O)COc1c(Br)cc(Br)cc1Br. The van der Waals surface area contributed by atoms with E-state index in [1.54, 1.807) is 0 Å². The third kappa shape index (κ3) is 6.58. The van der Waals surface area contributed by atoms with E-state index in [-0.39, 0.29) is 12.1 Å². The molecule has 3 nitrogen and oxygen atoms in total. The minimum absolute atomic E-state index is 0.0141. The summed E-state index contributed by atoms with van der Waals surface area (Å²) in [6.45, 7) is 6.91. The first-order chi connectivity index (χ1) is 8.69. The summed E-state index contributed by atoms with van der Waals surface area (Å²) in [5, 5.41) is 13.1. The van der Waals surface area contributed by atoms with Crippen molar-refractivity contribution in [1.29, 1.82) is 0 Å². The van der Waals surface area contributed by atoms with Crippen LogP contribution in [0.2, 0.25) is 0 Å². The topological polar surface area (TPSA) is 41.5 Å². The van der Waals surface area contributed by atoms with Crippen molar-refractivity contribution in [2.75, 3.05) is 13.2 Å². The Kier molecular flexibility index (Phi) is 6.79. The van der Waals surface area contributed by atoms with Gasteiger partial charge in [0.05, 0.1) is 8.95 Å². The number of aliphatic hydroxyl groups excluding tert-OH is 1. The third-order valence-electron chi connectivity index (χ3n) is 2.25. The van der Waals surface area contributed by atoms with Crippen LogP contribution in [0.4, 0.5) is 0 Å². The van der Waals surface area contributed by atoms with Crippen molar-refractivity contribution >= 4 is 47.8 Å². The fourth-order valence-electron chi connectivity index (χ4n) is 1.33. The van der Waals surface area contributed by atoms with E-state index in [0.29, 0.717) is 12.3 Å². The lowest BCUT2D eigenvalue weighted by Crippen LogP contribution is -2.42. The summed E-state index contributed by atoms with van der Waals surface area (Å²) in [6, 6.07) is 3.81. The van der Waals surface area contributed by atoms with Gasteiger partial charge in [-0.05, 0) is 64.8 Å². The highest BCUT2D eigenvalue weighted by molar-refractivity contribution is 9.11. The van der Waals surface area contributed by atoms with Crippen LogP contribution in [0.1, 0.15) is 20.8 Å². The third-order valence-corrected chi connectivity index (χ3v) is 3.89. The van der Waals surface area contributed by atoms with Gasteiger partial charge in [0.1, 0.15) is 18.5 Å². The predicted molar refractivity (Wildman–Crippen MR) is 88.8 cm³/mol. The van der Waals surface area contributed by atoms with Gasteiger partial charge in [-0.3, -0.25) is 0 Å². The zero-order chi connectivity index (χ0) is 14.6. The van der Waals surface area contributed by atoms with Gasteiger partial charge in [-0.1, -0.05) is 15.9 Å². The van der Waals surface area contributed by atoms with Crippen LogP contribution in [0.25, 0.3) is 0 Å². The van der Waals surface area contributed by atoms with E-state index >= 15 is 0 Å². The lowest BCUT2D eigenvalue weighted by molar-refractivity contribution is 0.0993. The number of halogens is 3. The summed E-state index contributed by atoms with van der Waals surface area (Å²) in [4.78, 5) is 0. The Balaban J connectivity index is 2.53. The predicted octanol–water partition coefficient (Wildman–Crippen LogP) is 4.10. The highest BCUT2D eigenvalue weighted by Crippen LogP contribution is 2.36. The van der Waals surface area contributed by atoms with E-state index in [4.69, 9.17) is 4.74 Å². The van der Waals surface area contributed by atoms with Crippen molar-refractivity contribution in [3.63, 3.8) is 0 Å². The van der Waals surface area contributed by atoms with Crippen LogP contribution in [0.5, 0.6) is 5.75 Å². The quantitative estimate of drug-likeness (QED) is 0.696. The molecular formula is C13H18Br3NO2. The monoisotopic (exact) mass is 457 g/mol. The summed E-state index contributed by atoms with van der Waals surface area (Å²) in [7, 11) is 0. The molecule has 0 aliphatic rings. The highest BCUT2D eigenvalue weighted by Gasteiger charge is 2.14. The molecule has 6 heteroatoms. The van der Waals surface area contributed by atoms with Gasteiger partial charge in [0.2, 0.25) is 0 Å². The van der Waals surface area contributed by atoms with Crippen LogP contribution in [0.15, 0.2) is 25.6 Å². The second-order valence-corrected chi connectivity index (χ2v) is 7.92. The Morgan fingerprint density at radius 2 is 1.74 bits per heavy atom. The van der Waals surface area contributed by atoms with Crippen LogP contribution < -0.4 is 10.1 Å². The van der Waals surface area contributed by atoms with Crippen molar-refractivity contribution in [3.8, 4) is 5.75 Å². The Bertz CT molecular complexity index is 409. The molecule has 0 saturated heterocycles. The smallest absolute Gasteiger partial charge is 0.147 e. The molecule has 108 valence electrons. The maximum Gasteiger partial charge on any atom is 0.147 e.